The summed E-state index contributed by atoms with van der Waals surface area (Å²) < 4.78 is 4.63. The lowest BCUT2D eigenvalue weighted by atomic mass is 10.2. The van der Waals surface area contributed by atoms with E-state index in [0.29, 0.717) is 5.56 Å². The molecule has 0 unspecified atom stereocenters. The molecule has 0 amide bonds. The number of aldehydes is 1. The van der Waals surface area contributed by atoms with Gasteiger partial charge in [-0.1, -0.05) is 23.9 Å². The summed E-state index contributed by atoms with van der Waals surface area (Å²) in [6.07, 6.45) is 1.07. The van der Waals surface area contributed by atoms with Crippen molar-refractivity contribution in [1.82, 2.24) is 4.98 Å². The summed E-state index contributed by atoms with van der Waals surface area (Å²) in [5, 5.41) is 0.832. The van der Waals surface area contributed by atoms with Gasteiger partial charge in [-0.3, -0.25) is 9.59 Å². The topological polar surface area (TPSA) is 56.3 Å². The molecule has 21 heavy (non-hydrogen) atoms. The molecule has 0 atom stereocenters. The van der Waals surface area contributed by atoms with Gasteiger partial charge in [0.1, 0.15) is 5.03 Å². The maximum absolute atomic E-state index is 11.2. The number of benzene rings is 1. The van der Waals surface area contributed by atoms with E-state index in [-0.39, 0.29) is 12.4 Å². The number of carbonyl (C=O) groups excluding carboxylic acids is 2. The number of pyridine rings is 1. The molecule has 0 radical (unpaired) electrons. The number of ether oxygens (including phenoxy) is 1. The predicted molar refractivity (Wildman–Crippen MR) is 80.6 cm³/mol. The number of nitrogens with zero attached hydrogens (tertiary/aromatic N) is 1. The molecule has 108 valence electrons. The highest BCUT2D eigenvalue weighted by atomic mass is 32.2. The van der Waals surface area contributed by atoms with Gasteiger partial charge in [-0.25, -0.2) is 4.98 Å². The van der Waals surface area contributed by atoms with Crippen molar-refractivity contribution in [2.24, 2.45) is 0 Å². The average Bonchev–Trinajstić information content (AvgIpc) is 2.49. The minimum absolute atomic E-state index is 0.253. The lowest BCUT2D eigenvalue weighted by molar-refractivity contribution is -0.139. The fourth-order valence-electron chi connectivity index (χ4n) is 1.77. The summed E-state index contributed by atoms with van der Waals surface area (Å²) in [6, 6.07) is 11.3. The highest BCUT2D eigenvalue weighted by Crippen LogP contribution is 2.26. The van der Waals surface area contributed by atoms with E-state index in [4.69, 9.17) is 0 Å². The summed E-state index contributed by atoms with van der Waals surface area (Å²) in [5.41, 5.74) is 2.23. The molecule has 0 bridgehead atoms. The second kappa shape index (κ2) is 7.04. The van der Waals surface area contributed by atoms with Gasteiger partial charge in [0.05, 0.1) is 13.5 Å². The van der Waals surface area contributed by atoms with Gasteiger partial charge in [-0.15, -0.1) is 0 Å². The van der Waals surface area contributed by atoms with Gasteiger partial charge < -0.3 is 4.74 Å². The average molecular weight is 301 g/mol. The fraction of sp³-hybridized carbons (Fsp3) is 0.188. The zero-order valence-electron chi connectivity index (χ0n) is 11.8. The molecule has 4 nitrogen and oxygen atoms in total. The Bertz CT molecular complexity index is 653. The number of hydrogen-bond donors (Lipinski definition) is 0. The van der Waals surface area contributed by atoms with Crippen LogP contribution in [0, 0.1) is 6.92 Å². The van der Waals surface area contributed by atoms with E-state index in [0.717, 1.165) is 27.5 Å². The summed E-state index contributed by atoms with van der Waals surface area (Å²) >= 11 is 1.51. The SMILES string of the molecule is COC(=O)Cc1ccc(Sc2ccc(C=O)c(C)n2)cc1. The van der Waals surface area contributed by atoms with Crippen molar-refractivity contribution in [3.8, 4) is 0 Å². The number of hydrogen-bond acceptors (Lipinski definition) is 5. The standard InChI is InChI=1S/C16H15NO3S/c1-11-13(10-18)5-8-15(17-11)21-14-6-3-12(4-7-14)9-16(19)20-2/h3-8,10H,9H2,1-2H3. The van der Waals surface area contributed by atoms with Crippen molar-refractivity contribution in [1.29, 1.82) is 0 Å². The molecule has 0 fully saturated rings. The van der Waals surface area contributed by atoms with E-state index < -0.39 is 0 Å². The maximum atomic E-state index is 11.2. The number of esters is 1. The third-order valence-corrected chi connectivity index (χ3v) is 3.89. The van der Waals surface area contributed by atoms with Crippen molar-refractivity contribution in [3.63, 3.8) is 0 Å². The van der Waals surface area contributed by atoms with Crippen LogP contribution in [-0.2, 0) is 16.0 Å². The van der Waals surface area contributed by atoms with Crippen LogP contribution in [0.2, 0.25) is 0 Å². The highest BCUT2D eigenvalue weighted by molar-refractivity contribution is 7.99. The molecule has 1 aromatic carbocycles. The third-order valence-electron chi connectivity index (χ3n) is 2.95. The van der Waals surface area contributed by atoms with E-state index in [9.17, 15) is 9.59 Å². The molecule has 2 aromatic rings. The van der Waals surface area contributed by atoms with E-state index >= 15 is 0 Å². The van der Waals surface area contributed by atoms with Crippen LogP contribution in [0.5, 0.6) is 0 Å². The molecule has 0 spiro atoms. The molecule has 1 aromatic heterocycles. The van der Waals surface area contributed by atoms with E-state index in [2.05, 4.69) is 9.72 Å². The first-order valence-corrected chi connectivity index (χ1v) is 7.20. The molecule has 0 N–H and O–H groups in total. The Labute approximate surface area is 127 Å². The Morgan fingerprint density at radius 3 is 2.52 bits per heavy atom. The van der Waals surface area contributed by atoms with Crippen LogP contribution in [0.1, 0.15) is 21.6 Å². The van der Waals surface area contributed by atoms with Gasteiger partial charge in [0.25, 0.3) is 0 Å². The smallest absolute Gasteiger partial charge is 0.309 e. The van der Waals surface area contributed by atoms with Gasteiger partial charge in [0.15, 0.2) is 6.29 Å². The first-order valence-electron chi connectivity index (χ1n) is 6.39. The van der Waals surface area contributed by atoms with Crippen LogP contribution in [0.15, 0.2) is 46.3 Å². The van der Waals surface area contributed by atoms with Crippen LogP contribution < -0.4 is 0 Å². The van der Waals surface area contributed by atoms with Gasteiger partial charge in [-0.2, -0.15) is 0 Å². The first kappa shape index (κ1) is 15.3. The Hall–Kier alpha value is -2.14. The van der Waals surface area contributed by atoms with Gasteiger partial charge in [0.2, 0.25) is 0 Å². The molecule has 0 aliphatic rings. The predicted octanol–water partition coefficient (Wildman–Crippen LogP) is 3.07. The molecule has 0 aliphatic heterocycles. The van der Waals surface area contributed by atoms with Crippen LogP contribution in [-0.4, -0.2) is 24.3 Å². The zero-order chi connectivity index (χ0) is 15.2. The molecular formula is C16H15NO3S. The molecule has 0 saturated heterocycles. The quantitative estimate of drug-likeness (QED) is 0.627. The summed E-state index contributed by atoms with van der Waals surface area (Å²) in [5.74, 6) is -0.253. The number of methoxy groups -OCH3 is 1. The largest absolute Gasteiger partial charge is 0.469 e. The summed E-state index contributed by atoms with van der Waals surface area (Å²) in [4.78, 5) is 27.4. The third kappa shape index (κ3) is 4.16. The van der Waals surface area contributed by atoms with Crippen molar-refractivity contribution < 1.29 is 14.3 Å². The molecular weight excluding hydrogens is 286 g/mol. The monoisotopic (exact) mass is 301 g/mol. The number of rotatable bonds is 5. The second-order valence-electron chi connectivity index (χ2n) is 4.44. The van der Waals surface area contributed by atoms with Gasteiger partial charge in [-0.05, 0) is 36.8 Å². The van der Waals surface area contributed by atoms with Crippen LogP contribution in [0.4, 0.5) is 0 Å². The minimum Gasteiger partial charge on any atom is -0.469 e. The molecule has 0 saturated carbocycles. The maximum Gasteiger partial charge on any atom is 0.309 e. The Morgan fingerprint density at radius 2 is 1.95 bits per heavy atom. The fourth-order valence-corrected chi connectivity index (χ4v) is 2.60. The Morgan fingerprint density at radius 1 is 1.24 bits per heavy atom. The second-order valence-corrected chi connectivity index (χ2v) is 5.53. The Kier molecular flexibility index (Phi) is 5.11. The number of carbonyl (C=O) groups is 2. The molecule has 2 rings (SSSR count). The zero-order valence-corrected chi connectivity index (χ0v) is 12.6. The Balaban J connectivity index is 2.08. The van der Waals surface area contributed by atoms with E-state index in [1.54, 1.807) is 6.07 Å². The summed E-state index contributed by atoms with van der Waals surface area (Å²) in [6.45, 7) is 1.81. The van der Waals surface area contributed by atoms with Crippen LogP contribution >= 0.6 is 11.8 Å². The van der Waals surface area contributed by atoms with E-state index in [1.165, 1.54) is 18.9 Å². The summed E-state index contributed by atoms with van der Waals surface area (Å²) in [7, 11) is 1.38. The first-order chi connectivity index (χ1) is 10.1. The number of aryl methyl sites for hydroxylation is 1. The lowest BCUT2D eigenvalue weighted by Crippen LogP contribution is -2.03. The highest BCUT2D eigenvalue weighted by Gasteiger charge is 2.05. The van der Waals surface area contributed by atoms with Gasteiger partial charge in [0, 0.05) is 16.2 Å². The van der Waals surface area contributed by atoms with Crippen molar-refractivity contribution in [3.05, 3.63) is 53.2 Å². The van der Waals surface area contributed by atoms with Crippen LogP contribution in [0.3, 0.4) is 0 Å². The van der Waals surface area contributed by atoms with E-state index in [1.807, 2.05) is 37.3 Å². The van der Waals surface area contributed by atoms with Crippen molar-refractivity contribution in [2.75, 3.05) is 7.11 Å². The number of aromatic nitrogens is 1. The minimum atomic E-state index is -0.253. The van der Waals surface area contributed by atoms with Gasteiger partial charge >= 0.3 is 5.97 Å². The normalized spacial score (nSPS) is 10.2. The van der Waals surface area contributed by atoms with Crippen molar-refractivity contribution >= 4 is 24.0 Å². The molecule has 1 heterocycles. The van der Waals surface area contributed by atoms with Crippen LogP contribution in [0.25, 0.3) is 0 Å². The molecule has 0 aliphatic carbocycles. The lowest BCUT2D eigenvalue weighted by Gasteiger charge is -2.05. The van der Waals surface area contributed by atoms with Crippen molar-refractivity contribution in [2.45, 2.75) is 23.3 Å². The molecule has 5 heteroatoms.